The molecule has 0 bridgehead atoms. The van der Waals surface area contributed by atoms with Crippen LogP contribution in [-0.2, 0) is 10.2 Å². The minimum Gasteiger partial charge on any atom is -0.487 e. The van der Waals surface area contributed by atoms with Crippen molar-refractivity contribution in [3.8, 4) is 11.5 Å². The smallest absolute Gasteiger partial charge is 0.487 e. The van der Waals surface area contributed by atoms with E-state index in [1.54, 1.807) is 12.1 Å². The van der Waals surface area contributed by atoms with Crippen molar-refractivity contribution in [3.63, 3.8) is 0 Å². The van der Waals surface area contributed by atoms with Gasteiger partial charge in [0.15, 0.2) is 11.5 Å². The highest BCUT2D eigenvalue weighted by Gasteiger charge is 2.22. The molecule has 0 unspecified atom stereocenters. The van der Waals surface area contributed by atoms with Gasteiger partial charge in [0.05, 0.1) is 19.8 Å². The molecule has 0 saturated heterocycles. The van der Waals surface area contributed by atoms with Gasteiger partial charge >= 0.3 is 6.16 Å². The summed E-state index contributed by atoms with van der Waals surface area (Å²) < 4.78 is 15.6. The van der Waals surface area contributed by atoms with Gasteiger partial charge in [-0.1, -0.05) is 46.1 Å². The number of ether oxygens (including phenoxy) is 3. The fourth-order valence-corrected chi connectivity index (χ4v) is 2.56. The number of hydrogen-bond acceptors (Lipinski definition) is 5. The molecule has 0 amide bonds. The Kier molecular flexibility index (Phi) is 9.31. The van der Waals surface area contributed by atoms with Crippen LogP contribution in [0, 0.1) is 0 Å². The van der Waals surface area contributed by atoms with Crippen LogP contribution in [0.2, 0.25) is 0 Å². The van der Waals surface area contributed by atoms with E-state index < -0.39 is 6.16 Å². The molecule has 0 saturated carbocycles. The molecule has 0 aliphatic rings. The molecule has 6 nitrogen and oxygen atoms in total. The normalized spacial score (nSPS) is 11.4. The minimum absolute atomic E-state index is 0.0464. The van der Waals surface area contributed by atoms with Gasteiger partial charge in [-0.25, -0.2) is 4.79 Å². The summed E-state index contributed by atoms with van der Waals surface area (Å²) in [5.74, 6) is 0.554. The molecule has 0 aromatic heterocycles. The molecule has 1 aromatic rings. The SMILES string of the molecule is CCCCCC(C)(C)c1ccc(OCCOCCO)c(OC(=O)O)c1. The van der Waals surface area contributed by atoms with Crippen molar-refractivity contribution in [2.75, 3.05) is 26.4 Å². The van der Waals surface area contributed by atoms with Gasteiger partial charge in [0.2, 0.25) is 0 Å². The molecule has 0 aliphatic heterocycles. The first kappa shape index (κ1) is 21.3. The van der Waals surface area contributed by atoms with Crippen LogP contribution in [0.4, 0.5) is 4.79 Å². The lowest BCUT2D eigenvalue weighted by Crippen LogP contribution is -2.18. The molecule has 25 heavy (non-hydrogen) atoms. The van der Waals surface area contributed by atoms with Gasteiger partial charge in [0, 0.05) is 0 Å². The summed E-state index contributed by atoms with van der Waals surface area (Å²) in [6.45, 7) is 7.20. The van der Waals surface area contributed by atoms with Crippen LogP contribution in [-0.4, -0.2) is 42.8 Å². The van der Waals surface area contributed by atoms with Crippen molar-refractivity contribution >= 4 is 6.16 Å². The zero-order valence-corrected chi connectivity index (χ0v) is 15.4. The topological polar surface area (TPSA) is 85.2 Å². The average Bonchev–Trinajstić information content (AvgIpc) is 2.55. The van der Waals surface area contributed by atoms with Gasteiger partial charge in [0.25, 0.3) is 0 Å². The van der Waals surface area contributed by atoms with Crippen LogP contribution in [0.1, 0.15) is 52.0 Å². The van der Waals surface area contributed by atoms with E-state index in [1.807, 2.05) is 6.07 Å². The van der Waals surface area contributed by atoms with Gasteiger partial charge in [0.1, 0.15) is 6.61 Å². The predicted molar refractivity (Wildman–Crippen MR) is 95.7 cm³/mol. The number of unbranched alkanes of at least 4 members (excludes halogenated alkanes) is 2. The first-order valence-corrected chi connectivity index (χ1v) is 8.77. The summed E-state index contributed by atoms with van der Waals surface area (Å²) in [6, 6.07) is 5.43. The van der Waals surface area contributed by atoms with Crippen molar-refractivity contribution in [3.05, 3.63) is 23.8 Å². The second-order valence-corrected chi connectivity index (χ2v) is 6.55. The Morgan fingerprint density at radius 1 is 1.12 bits per heavy atom. The van der Waals surface area contributed by atoms with Crippen molar-refractivity contribution in [1.82, 2.24) is 0 Å². The summed E-state index contributed by atoms with van der Waals surface area (Å²) in [4.78, 5) is 11.0. The summed E-state index contributed by atoms with van der Waals surface area (Å²) in [6.07, 6.45) is 3.11. The van der Waals surface area contributed by atoms with Crippen molar-refractivity contribution in [2.24, 2.45) is 0 Å². The molecule has 0 atom stereocenters. The van der Waals surface area contributed by atoms with E-state index in [0.717, 1.165) is 24.8 Å². The van der Waals surface area contributed by atoms with E-state index in [9.17, 15) is 4.79 Å². The first-order valence-electron chi connectivity index (χ1n) is 8.77. The molecule has 0 heterocycles. The number of carboxylic acid groups (broad SMARTS) is 1. The molecule has 0 radical (unpaired) electrons. The van der Waals surface area contributed by atoms with Crippen molar-refractivity contribution in [1.29, 1.82) is 0 Å². The number of rotatable bonds is 12. The second kappa shape index (κ2) is 10.9. The summed E-state index contributed by atoms with van der Waals surface area (Å²) in [7, 11) is 0. The third-order valence-electron chi connectivity index (χ3n) is 4.05. The molecular weight excluding hydrogens is 324 g/mol. The fraction of sp³-hybridized carbons (Fsp3) is 0.632. The summed E-state index contributed by atoms with van der Waals surface area (Å²) in [5, 5.41) is 17.6. The van der Waals surface area contributed by atoms with E-state index in [2.05, 4.69) is 20.8 Å². The molecule has 6 heteroatoms. The van der Waals surface area contributed by atoms with E-state index in [-0.39, 0.29) is 31.0 Å². The number of carbonyl (C=O) groups is 1. The second-order valence-electron chi connectivity index (χ2n) is 6.55. The Bertz CT molecular complexity index is 527. The molecule has 142 valence electrons. The number of hydrogen-bond donors (Lipinski definition) is 2. The highest BCUT2D eigenvalue weighted by Crippen LogP contribution is 2.36. The lowest BCUT2D eigenvalue weighted by molar-refractivity contribution is 0.0695. The number of aliphatic hydroxyl groups excluding tert-OH is 1. The van der Waals surface area contributed by atoms with Crippen LogP contribution >= 0.6 is 0 Å². The maximum absolute atomic E-state index is 11.0. The van der Waals surface area contributed by atoms with Crippen LogP contribution in [0.25, 0.3) is 0 Å². The van der Waals surface area contributed by atoms with Gasteiger partial charge in [-0.05, 0) is 29.5 Å². The van der Waals surface area contributed by atoms with Gasteiger partial charge in [-0.3, -0.25) is 0 Å². The highest BCUT2D eigenvalue weighted by molar-refractivity contribution is 5.63. The van der Waals surface area contributed by atoms with Crippen LogP contribution in [0.15, 0.2) is 18.2 Å². The van der Waals surface area contributed by atoms with Crippen molar-refractivity contribution in [2.45, 2.75) is 51.9 Å². The van der Waals surface area contributed by atoms with Gasteiger partial charge < -0.3 is 24.4 Å². The molecule has 0 fully saturated rings. The molecule has 1 rings (SSSR count). The third kappa shape index (κ3) is 7.75. The number of aliphatic hydroxyl groups is 1. The monoisotopic (exact) mass is 354 g/mol. The average molecular weight is 354 g/mol. The van der Waals surface area contributed by atoms with Gasteiger partial charge in [-0.2, -0.15) is 0 Å². The van der Waals surface area contributed by atoms with Gasteiger partial charge in [-0.15, -0.1) is 0 Å². The lowest BCUT2D eigenvalue weighted by Gasteiger charge is -2.26. The van der Waals surface area contributed by atoms with E-state index in [1.165, 1.54) is 6.42 Å². The molecule has 2 N–H and O–H groups in total. The Labute approximate surface area is 149 Å². The van der Waals surface area contributed by atoms with E-state index in [0.29, 0.717) is 12.4 Å². The highest BCUT2D eigenvalue weighted by atomic mass is 16.7. The molecule has 0 spiro atoms. The van der Waals surface area contributed by atoms with Crippen LogP contribution in [0.3, 0.4) is 0 Å². The largest absolute Gasteiger partial charge is 0.511 e. The Morgan fingerprint density at radius 2 is 1.88 bits per heavy atom. The Balaban J connectivity index is 2.83. The Morgan fingerprint density at radius 3 is 2.52 bits per heavy atom. The molecular formula is C19H30O6. The van der Waals surface area contributed by atoms with E-state index in [4.69, 9.17) is 24.4 Å². The predicted octanol–water partition coefficient (Wildman–Crippen LogP) is 3.99. The zero-order chi connectivity index (χ0) is 18.7. The molecule has 1 aromatic carbocycles. The number of benzene rings is 1. The fourth-order valence-electron chi connectivity index (χ4n) is 2.56. The third-order valence-corrected chi connectivity index (χ3v) is 4.05. The maximum Gasteiger partial charge on any atom is 0.511 e. The maximum atomic E-state index is 11.0. The molecule has 0 aliphatic carbocycles. The standard InChI is InChI=1S/C19H30O6/c1-4-5-6-9-19(2,3)15-7-8-16(17(14-15)25-18(21)22)24-13-12-23-11-10-20/h7-8,14,20H,4-6,9-13H2,1-3H3,(H,21,22). The summed E-state index contributed by atoms with van der Waals surface area (Å²) >= 11 is 0. The quantitative estimate of drug-likeness (QED) is 0.335. The van der Waals surface area contributed by atoms with Crippen molar-refractivity contribution < 1.29 is 29.2 Å². The zero-order valence-electron chi connectivity index (χ0n) is 15.4. The van der Waals surface area contributed by atoms with Crippen LogP contribution in [0.5, 0.6) is 11.5 Å². The minimum atomic E-state index is -1.37. The van der Waals surface area contributed by atoms with Crippen LogP contribution < -0.4 is 9.47 Å². The van der Waals surface area contributed by atoms with E-state index >= 15 is 0 Å². The summed E-state index contributed by atoms with van der Waals surface area (Å²) in [5.41, 5.74) is 0.942. The lowest BCUT2D eigenvalue weighted by atomic mass is 9.80. The first-order chi connectivity index (χ1) is 11.9. The Hall–Kier alpha value is -1.79.